The monoisotopic (exact) mass is 366 g/mol. The normalized spacial score (nSPS) is 59.3. The van der Waals surface area contributed by atoms with Crippen LogP contribution in [0.2, 0.25) is 0 Å². The maximum atomic E-state index is 12.3. The van der Waals surface area contributed by atoms with Gasteiger partial charge in [-0.1, -0.05) is 13.8 Å². The first-order chi connectivity index (χ1) is 12.1. The molecule has 26 heavy (non-hydrogen) atoms. The molecule has 5 nitrogen and oxygen atoms in total. The molecule has 0 unspecified atom stereocenters. The predicted octanol–water partition coefficient (Wildman–Crippen LogP) is 1.65. The summed E-state index contributed by atoms with van der Waals surface area (Å²) in [4.78, 5) is 12.3. The van der Waals surface area contributed by atoms with Gasteiger partial charge < -0.3 is 20.4 Å². The molecule has 4 rings (SSSR count). The van der Waals surface area contributed by atoms with Crippen molar-refractivity contribution in [3.63, 3.8) is 0 Å². The largest absolute Gasteiger partial charge is 0.393 e. The van der Waals surface area contributed by atoms with Crippen molar-refractivity contribution in [2.24, 2.45) is 34.5 Å². The molecular weight excluding hydrogens is 332 g/mol. The fourth-order valence-corrected chi connectivity index (χ4v) is 7.84. The minimum absolute atomic E-state index is 0.0458. The molecule has 4 fully saturated rings. The molecule has 4 saturated carbocycles. The van der Waals surface area contributed by atoms with E-state index in [1.807, 2.05) is 6.92 Å². The number of carbonyl (C=O) groups excluding carboxylic acids is 1. The van der Waals surface area contributed by atoms with Gasteiger partial charge in [0.2, 0.25) is 0 Å². The van der Waals surface area contributed by atoms with E-state index in [1.165, 1.54) is 6.92 Å². The van der Waals surface area contributed by atoms with E-state index in [1.54, 1.807) is 0 Å². The molecule has 4 aliphatic rings. The van der Waals surface area contributed by atoms with Crippen LogP contribution in [0.5, 0.6) is 0 Å². The molecule has 148 valence electrons. The number of hydrogen-bond donors (Lipinski definition) is 4. The van der Waals surface area contributed by atoms with E-state index in [0.717, 1.165) is 32.1 Å². The van der Waals surface area contributed by atoms with Crippen molar-refractivity contribution >= 4 is 5.78 Å². The highest BCUT2D eigenvalue weighted by molar-refractivity contribution is 5.86. The van der Waals surface area contributed by atoms with Gasteiger partial charge in [-0.15, -0.1) is 0 Å². The second-order valence-corrected chi connectivity index (χ2v) is 10.2. The summed E-state index contributed by atoms with van der Waals surface area (Å²) >= 11 is 0. The van der Waals surface area contributed by atoms with Crippen molar-refractivity contribution in [2.45, 2.75) is 89.6 Å². The van der Waals surface area contributed by atoms with Gasteiger partial charge >= 0.3 is 0 Å². The molecule has 4 N–H and O–H groups in total. The third kappa shape index (κ3) is 2.15. The number of ketones is 1. The van der Waals surface area contributed by atoms with Crippen LogP contribution in [0, 0.1) is 34.5 Å². The molecule has 0 aromatic heterocycles. The zero-order valence-electron chi connectivity index (χ0n) is 16.2. The van der Waals surface area contributed by atoms with E-state index >= 15 is 0 Å². The van der Waals surface area contributed by atoms with Crippen molar-refractivity contribution < 1.29 is 25.2 Å². The van der Waals surface area contributed by atoms with E-state index < -0.39 is 29.3 Å². The molecule has 0 aromatic rings. The van der Waals surface area contributed by atoms with Crippen molar-refractivity contribution in [1.82, 2.24) is 0 Å². The number of Topliss-reactive ketones (excluding diaryl/α,β-unsaturated/α-hetero) is 1. The molecule has 0 aliphatic heterocycles. The van der Waals surface area contributed by atoms with Gasteiger partial charge in [-0.2, -0.15) is 0 Å². The van der Waals surface area contributed by atoms with Crippen LogP contribution in [0.15, 0.2) is 0 Å². The molecule has 0 saturated heterocycles. The number of rotatable bonds is 1. The van der Waals surface area contributed by atoms with Gasteiger partial charge in [-0.25, -0.2) is 0 Å². The lowest BCUT2D eigenvalue weighted by atomic mass is 9.43. The number of hydrogen-bond acceptors (Lipinski definition) is 5. The lowest BCUT2D eigenvalue weighted by molar-refractivity contribution is -0.230. The molecule has 0 heterocycles. The Morgan fingerprint density at radius 1 is 0.885 bits per heavy atom. The average Bonchev–Trinajstić information content (AvgIpc) is 2.87. The van der Waals surface area contributed by atoms with Gasteiger partial charge in [0, 0.05) is 5.41 Å². The fourth-order valence-electron chi connectivity index (χ4n) is 7.84. The SMILES string of the molecule is CC(=O)[C@@]1(O)CC[C@H]2[C@@H]3[C@H](O)[C@H](O)[C@H]4C[C@H](O)CC[C@]4(C)[C@H]3CC[C@@]21C. The molecule has 10 atom stereocenters. The lowest BCUT2D eigenvalue weighted by Crippen LogP contribution is -2.65. The molecule has 0 radical (unpaired) electrons. The third-order valence-corrected chi connectivity index (χ3v) is 9.46. The lowest BCUT2D eigenvalue weighted by Gasteiger charge is -2.63. The Labute approximate surface area is 155 Å². The Morgan fingerprint density at radius 3 is 2.19 bits per heavy atom. The summed E-state index contributed by atoms with van der Waals surface area (Å²) in [6.07, 6.45) is 2.90. The minimum Gasteiger partial charge on any atom is -0.393 e. The second-order valence-electron chi connectivity index (χ2n) is 10.2. The molecule has 0 aromatic carbocycles. The molecule has 5 heteroatoms. The summed E-state index contributed by atoms with van der Waals surface area (Å²) in [6.45, 7) is 5.72. The van der Waals surface area contributed by atoms with Crippen LogP contribution in [0.1, 0.15) is 65.7 Å². The number of aliphatic hydroxyl groups excluding tert-OH is 3. The maximum absolute atomic E-state index is 12.3. The highest BCUT2D eigenvalue weighted by atomic mass is 16.3. The molecular formula is C21H34O5. The standard InChI is InChI=1S/C21H34O5/c1-11(22)21(26)9-6-14-16-13(5-8-20(14,21)3)19(2)7-4-12(23)10-15(19)17(24)18(16)25/h12-18,23-26H,4-10H2,1-3H3/t12-,13+,14+,15-,16-,17-,18+,19-,20+,21+/m1/s1. The van der Waals surface area contributed by atoms with Crippen molar-refractivity contribution in [2.75, 3.05) is 0 Å². The van der Waals surface area contributed by atoms with Gasteiger partial charge in [0.15, 0.2) is 5.78 Å². The maximum Gasteiger partial charge on any atom is 0.161 e. The van der Waals surface area contributed by atoms with Crippen LogP contribution in [0.4, 0.5) is 0 Å². The smallest absolute Gasteiger partial charge is 0.161 e. The summed E-state index contributed by atoms with van der Waals surface area (Å²) in [7, 11) is 0. The number of fused-ring (bicyclic) bond motifs is 5. The van der Waals surface area contributed by atoms with Crippen molar-refractivity contribution in [3.8, 4) is 0 Å². The van der Waals surface area contributed by atoms with E-state index in [0.29, 0.717) is 12.8 Å². The van der Waals surface area contributed by atoms with Gasteiger partial charge in [-0.3, -0.25) is 4.79 Å². The summed E-state index contributed by atoms with van der Waals surface area (Å²) in [5, 5.41) is 43.3. The summed E-state index contributed by atoms with van der Waals surface area (Å²) in [5.41, 5.74) is -1.94. The average molecular weight is 366 g/mol. The highest BCUT2D eigenvalue weighted by Crippen LogP contribution is 2.68. The summed E-state index contributed by atoms with van der Waals surface area (Å²) in [6, 6.07) is 0. The van der Waals surface area contributed by atoms with Crippen LogP contribution in [-0.4, -0.2) is 50.1 Å². The van der Waals surface area contributed by atoms with Crippen LogP contribution < -0.4 is 0 Å². The predicted molar refractivity (Wildman–Crippen MR) is 96.1 cm³/mol. The second kappa shape index (κ2) is 5.76. The molecule has 0 bridgehead atoms. The van der Waals surface area contributed by atoms with Crippen LogP contribution in [-0.2, 0) is 4.79 Å². The first-order valence-electron chi connectivity index (χ1n) is 10.3. The number of aliphatic hydroxyl groups is 4. The topological polar surface area (TPSA) is 98.0 Å². The van der Waals surface area contributed by atoms with Crippen LogP contribution >= 0.6 is 0 Å². The quantitative estimate of drug-likeness (QED) is 0.566. The summed E-state index contributed by atoms with van der Waals surface area (Å²) in [5.74, 6) is -0.0274. The van der Waals surface area contributed by atoms with Gasteiger partial charge in [0.05, 0.1) is 18.3 Å². The number of carbonyl (C=O) groups is 1. The first kappa shape index (κ1) is 18.9. The third-order valence-electron chi connectivity index (χ3n) is 9.46. The minimum atomic E-state index is -1.31. The van der Waals surface area contributed by atoms with Gasteiger partial charge in [0.25, 0.3) is 0 Å². The summed E-state index contributed by atoms with van der Waals surface area (Å²) < 4.78 is 0. The molecule has 0 spiro atoms. The van der Waals surface area contributed by atoms with Crippen molar-refractivity contribution in [3.05, 3.63) is 0 Å². The Kier molecular flexibility index (Phi) is 4.17. The van der Waals surface area contributed by atoms with E-state index in [9.17, 15) is 25.2 Å². The van der Waals surface area contributed by atoms with Crippen LogP contribution in [0.3, 0.4) is 0 Å². The molecule has 4 aliphatic carbocycles. The Hall–Kier alpha value is -0.490. The first-order valence-corrected chi connectivity index (χ1v) is 10.3. The highest BCUT2D eigenvalue weighted by Gasteiger charge is 2.69. The Balaban J connectivity index is 1.73. The van der Waals surface area contributed by atoms with Crippen LogP contribution in [0.25, 0.3) is 0 Å². The van der Waals surface area contributed by atoms with E-state index in [4.69, 9.17) is 0 Å². The zero-order valence-corrected chi connectivity index (χ0v) is 16.2. The van der Waals surface area contributed by atoms with E-state index in [-0.39, 0.29) is 34.9 Å². The van der Waals surface area contributed by atoms with Gasteiger partial charge in [-0.05, 0) is 81.0 Å². The Morgan fingerprint density at radius 2 is 1.54 bits per heavy atom. The Bertz CT molecular complexity index is 607. The molecule has 0 amide bonds. The zero-order chi connectivity index (χ0) is 19.1. The van der Waals surface area contributed by atoms with Gasteiger partial charge in [0.1, 0.15) is 5.60 Å². The van der Waals surface area contributed by atoms with E-state index in [2.05, 4.69) is 6.92 Å². The fraction of sp³-hybridized carbons (Fsp3) is 0.952. The van der Waals surface area contributed by atoms with Crippen molar-refractivity contribution in [1.29, 1.82) is 0 Å².